The topological polar surface area (TPSA) is 4.93 Å². The number of benzene rings is 1. The highest BCUT2D eigenvalue weighted by atomic mass is 19.2. The fourth-order valence-corrected chi connectivity index (χ4v) is 1.21. The highest BCUT2D eigenvalue weighted by Gasteiger charge is 2.13. The van der Waals surface area contributed by atoms with E-state index in [1.165, 1.54) is 10.6 Å². The van der Waals surface area contributed by atoms with Crippen LogP contribution in [-0.4, -0.2) is 4.57 Å². The summed E-state index contributed by atoms with van der Waals surface area (Å²) in [5.74, 6) is -3.81. The van der Waals surface area contributed by atoms with Gasteiger partial charge in [-0.1, -0.05) is 0 Å². The van der Waals surface area contributed by atoms with Crippen LogP contribution in [0.15, 0.2) is 36.7 Å². The summed E-state index contributed by atoms with van der Waals surface area (Å²) in [4.78, 5) is 0. The number of aromatic nitrogens is 1. The molecule has 72 valence electrons. The summed E-state index contributed by atoms with van der Waals surface area (Å²) in [6, 6.07) is 5.42. The molecule has 0 bridgehead atoms. The van der Waals surface area contributed by atoms with Crippen LogP contribution < -0.4 is 0 Å². The molecule has 0 atom stereocenters. The molecule has 2 aromatic rings. The Hall–Kier alpha value is -1.71. The average molecular weight is 197 g/mol. The van der Waals surface area contributed by atoms with E-state index >= 15 is 0 Å². The van der Waals surface area contributed by atoms with Gasteiger partial charge >= 0.3 is 0 Å². The van der Waals surface area contributed by atoms with Crippen LogP contribution in [0.1, 0.15) is 0 Å². The van der Waals surface area contributed by atoms with Crippen molar-refractivity contribution in [2.75, 3.05) is 0 Å². The predicted octanol–water partition coefficient (Wildman–Crippen LogP) is 2.89. The van der Waals surface area contributed by atoms with Crippen molar-refractivity contribution in [1.29, 1.82) is 0 Å². The third kappa shape index (κ3) is 1.28. The van der Waals surface area contributed by atoms with Gasteiger partial charge in [0.2, 0.25) is 0 Å². The van der Waals surface area contributed by atoms with Crippen LogP contribution in [0.2, 0.25) is 0 Å². The van der Waals surface area contributed by atoms with Crippen LogP contribution in [0.3, 0.4) is 0 Å². The van der Waals surface area contributed by atoms with Crippen LogP contribution in [0.5, 0.6) is 0 Å². The molecule has 0 aliphatic rings. The van der Waals surface area contributed by atoms with Crippen molar-refractivity contribution in [2.45, 2.75) is 0 Å². The monoisotopic (exact) mass is 197 g/mol. The quantitative estimate of drug-likeness (QED) is 0.619. The van der Waals surface area contributed by atoms with Crippen molar-refractivity contribution in [3.8, 4) is 5.69 Å². The number of rotatable bonds is 1. The van der Waals surface area contributed by atoms with Crippen molar-refractivity contribution in [2.24, 2.45) is 0 Å². The van der Waals surface area contributed by atoms with Gasteiger partial charge in [0.1, 0.15) is 0 Å². The molecule has 0 N–H and O–H groups in total. The van der Waals surface area contributed by atoms with Gasteiger partial charge in [0, 0.05) is 12.4 Å². The van der Waals surface area contributed by atoms with Gasteiger partial charge in [0.15, 0.2) is 17.5 Å². The second kappa shape index (κ2) is 3.21. The summed E-state index contributed by atoms with van der Waals surface area (Å²) in [7, 11) is 0. The van der Waals surface area contributed by atoms with Gasteiger partial charge in [0.25, 0.3) is 0 Å². The molecular weight excluding hydrogens is 191 g/mol. The normalized spacial score (nSPS) is 10.5. The minimum atomic E-state index is -1.45. The second-order valence-electron chi connectivity index (χ2n) is 2.78. The molecule has 0 amide bonds. The predicted molar refractivity (Wildman–Crippen MR) is 45.6 cm³/mol. The van der Waals surface area contributed by atoms with Crippen LogP contribution in [0.4, 0.5) is 13.2 Å². The molecule has 1 nitrogen and oxygen atoms in total. The number of nitrogens with zero attached hydrogens (tertiary/aromatic N) is 1. The lowest BCUT2D eigenvalue weighted by atomic mass is 10.3. The van der Waals surface area contributed by atoms with Crippen LogP contribution in [0.25, 0.3) is 5.69 Å². The molecule has 1 heterocycles. The van der Waals surface area contributed by atoms with E-state index in [4.69, 9.17) is 0 Å². The molecule has 0 aliphatic carbocycles. The molecule has 14 heavy (non-hydrogen) atoms. The molecule has 4 heteroatoms. The Bertz CT molecular complexity index is 449. The van der Waals surface area contributed by atoms with Gasteiger partial charge in [-0.05, 0) is 24.3 Å². The maximum absolute atomic E-state index is 13.2. The van der Waals surface area contributed by atoms with E-state index in [2.05, 4.69) is 0 Å². The first-order valence-corrected chi connectivity index (χ1v) is 3.97. The molecule has 1 aromatic carbocycles. The third-order valence-corrected chi connectivity index (χ3v) is 1.90. The molecule has 0 fully saturated rings. The van der Waals surface area contributed by atoms with Crippen LogP contribution in [-0.2, 0) is 0 Å². The lowest BCUT2D eigenvalue weighted by Gasteiger charge is -2.05. The molecule has 1 aromatic heterocycles. The van der Waals surface area contributed by atoms with Crippen LogP contribution >= 0.6 is 0 Å². The van der Waals surface area contributed by atoms with Crippen molar-refractivity contribution in [1.82, 2.24) is 4.57 Å². The Morgan fingerprint density at radius 2 is 1.50 bits per heavy atom. The van der Waals surface area contributed by atoms with Crippen molar-refractivity contribution in [3.05, 3.63) is 54.1 Å². The maximum atomic E-state index is 13.2. The van der Waals surface area contributed by atoms with Gasteiger partial charge in [-0.2, -0.15) is 0 Å². The van der Waals surface area contributed by atoms with E-state index in [-0.39, 0.29) is 5.69 Å². The van der Waals surface area contributed by atoms with Crippen molar-refractivity contribution in [3.63, 3.8) is 0 Å². The molecule has 0 radical (unpaired) electrons. The average Bonchev–Trinajstić information content (AvgIpc) is 2.67. The SMILES string of the molecule is Fc1ccc(-n2cccc2)c(F)c1F. The van der Waals surface area contributed by atoms with Gasteiger partial charge in [-0.15, -0.1) is 0 Å². The summed E-state index contributed by atoms with van der Waals surface area (Å²) in [6.07, 6.45) is 3.10. The third-order valence-electron chi connectivity index (χ3n) is 1.90. The summed E-state index contributed by atoms with van der Waals surface area (Å²) in [6.45, 7) is 0. The first-order valence-electron chi connectivity index (χ1n) is 3.97. The fraction of sp³-hybridized carbons (Fsp3) is 0. The van der Waals surface area contributed by atoms with Gasteiger partial charge in [-0.3, -0.25) is 0 Å². The summed E-state index contributed by atoms with van der Waals surface area (Å²) >= 11 is 0. The first kappa shape index (κ1) is 8.87. The summed E-state index contributed by atoms with van der Waals surface area (Å²) in [5, 5.41) is 0. The molecule has 0 saturated heterocycles. The zero-order valence-corrected chi connectivity index (χ0v) is 7.05. The lowest BCUT2D eigenvalue weighted by molar-refractivity contribution is 0.445. The molecule has 0 spiro atoms. The second-order valence-corrected chi connectivity index (χ2v) is 2.78. The van der Waals surface area contributed by atoms with Gasteiger partial charge in [0.05, 0.1) is 5.69 Å². The van der Waals surface area contributed by atoms with E-state index in [1.807, 2.05) is 0 Å². The molecular formula is C10H6F3N. The zero-order chi connectivity index (χ0) is 10.1. The standard InChI is InChI=1S/C10H6F3N/c11-7-3-4-8(10(13)9(7)12)14-5-1-2-6-14/h1-6H. The Labute approximate surface area is 78.4 Å². The van der Waals surface area contributed by atoms with E-state index in [0.717, 1.165) is 6.07 Å². The lowest BCUT2D eigenvalue weighted by Crippen LogP contribution is -1.99. The van der Waals surface area contributed by atoms with E-state index < -0.39 is 17.5 Å². The number of hydrogen-bond donors (Lipinski definition) is 0. The first-order chi connectivity index (χ1) is 6.70. The Morgan fingerprint density at radius 3 is 2.14 bits per heavy atom. The van der Waals surface area contributed by atoms with E-state index in [0.29, 0.717) is 0 Å². The smallest absolute Gasteiger partial charge is 0.196 e. The molecule has 0 aliphatic heterocycles. The summed E-state index contributed by atoms with van der Waals surface area (Å²) < 4.78 is 40.0. The van der Waals surface area contributed by atoms with Gasteiger partial charge < -0.3 is 4.57 Å². The Kier molecular flexibility index (Phi) is 2.04. The van der Waals surface area contributed by atoms with Crippen molar-refractivity contribution >= 4 is 0 Å². The minimum Gasteiger partial charge on any atom is -0.321 e. The maximum Gasteiger partial charge on any atom is 0.196 e. The zero-order valence-electron chi connectivity index (χ0n) is 7.05. The van der Waals surface area contributed by atoms with Crippen LogP contribution in [0, 0.1) is 17.5 Å². The van der Waals surface area contributed by atoms with E-state index in [1.54, 1.807) is 24.5 Å². The number of hydrogen-bond acceptors (Lipinski definition) is 0. The van der Waals surface area contributed by atoms with E-state index in [9.17, 15) is 13.2 Å². The van der Waals surface area contributed by atoms with Crippen molar-refractivity contribution < 1.29 is 13.2 Å². The Balaban J connectivity index is 2.61. The molecule has 0 unspecified atom stereocenters. The van der Waals surface area contributed by atoms with Gasteiger partial charge in [-0.25, -0.2) is 13.2 Å². The molecule has 2 rings (SSSR count). The Morgan fingerprint density at radius 1 is 0.857 bits per heavy atom. The summed E-state index contributed by atoms with van der Waals surface area (Å²) in [5.41, 5.74) is -0.00565. The highest BCUT2D eigenvalue weighted by Crippen LogP contribution is 2.18. The highest BCUT2D eigenvalue weighted by molar-refractivity contribution is 5.35. The fourth-order valence-electron chi connectivity index (χ4n) is 1.21. The largest absolute Gasteiger partial charge is 0.321 e. The minimum absolute atomic E-state index is 0.00565. The molecule has 0 saturated carbocycles. The number of halogens is 3.